The van der Waals surface area contributed by atoms with Crippen molar-refractivity contribution in [3.8, 4) is 0 Å². The van der Waals surface area contributed by atoms with Crippen LogP contribution in [0.4, 0.5) is 0 Å². The van der Waals surface area contributed by atoms with Gasteiger partial charge >= 0.3 is 5.97 Å². The molecule has 2 rings (SSSR count). The highest BCUT2D eigenvalue weighted by Crippen LogP contribution is 2.36. The van der Waals surface area contributed by atoms with Gasteiger partial charge in [0.05, 0.1) is 5.92 Å². The van der Waals surface area contributed by atoms with Crippen molar-refractivity contribution >= 4 is 5.97 Å². The van der Waals surface area contributed by atoms with Crippen LogP contribution < -0.4 is 5.32 Å². The third-order valence-electron chi connectivity index (χ3n) is 3.27. The summed E-state index contributed by atoms with van der Waals surface area (Å²) < 4.78 is 0. The molecule has 1 saturated heterocycles. The Labute approximate surface area is 72.2 Å². The second-order valence-electron chi connectivity index (χ2n) is 3.89. The van der Waals surface area contributed by atoms with E-state index in [1.807, 2.05) is 0 Å². The van der Waals surface area contributed by atoms with Crippen LogP contribution in [-0.4, -0.2) is 23.7 Å². The van der Waals surface area contributed by atoms with Gasteiger partial charge < -0.3 is 10.4 Å². The van der Waals surface area contributed by atoms with Crippen LogP contribution in [0, 0.1) is 11.8 Å². The summed E-state index contributed by atoms with van der Waals surface area (Å²) in [6, 6.07) is 0.500. The van der Waals surface area contributed by atoms with Gasteiger partial charge in [0.25, 0.3) is 0 Å². The van der Waals surface area contributed by atoms with Crippen molar-refractivity contribution in [2.24, 2.45) is 11.8 Å². The smallest absolute Gasteiger partial charge is 0.306 e. The summed E-state index contributed by atoms with van der Waals surface area (Å²) in [5.74, 6) is -0.247. The van der Waals surface area contributed by atoms with Crippen LogP contribution in [0.1, 0.15) is 25.7 Å². The highest BCUT2D eigenvalue weighted by Gasteiger charge is 2.39. The van der Waals surface area contributed by atoms with Gasteiger partial charge in [-0.05, 0) is 31.7 Å². The Balaban J connectivity index is 2.08. The fourth-order valence-corrected chi connectivity index (χ4v) is 2.67. The van der Waals surface area contributed by atoms with E-state index in [9.17, 15) is 4.79 Å². The fraction of sp³-hybridized carbons (Fsp3) is 0.889. The Hall–Kier alpha value is -0.570. The zero-order valence-electron chi connectivity index (χ0n) is 7.12. The number of carbonyl (C=O) groups is 1. The molecule has 1 aliphatic carbocycles. The molecule has 3 atom stereocenters. The molecule has 0 aromatic rings. The molecule has 3 heteroatoms. The summed E-state index contributed by atoms with van der Waals surface area (Å²) in [4.78, 5) is 10.9. The maximum Gasteiger partial charge on any atom is 0.306 e. The molecule has 68 valence electrons. The van der Waals surface area contributed by atoms with E-state index in [-0.39, 0.29) is 5.92 Å². The van der Waals surface area contributed by atoms with Gasteiger partial charge in [0.2, 0.25) is 0 Å². The van der Waals surface area contributed by atoms with Crippen LogP contribution in [0.2, 0.25) is 0 Å². The minimum atomic E-state index is -0.589. The SMILES string of the molecule is O=C(O)[C@H]1CCN[C@@H]2CCC[C@H]12. The van der Waals surface area contributed by atoms with Crippen LogP contribution in [0.3, 0.4) is 0 Å². The summed E-state index contributed by atoms with van der Waals surface area (Å²) >= 11 is 0. The lowest BCUT2D eigenvalue weighted by atomic mass is 9.82. The number of carboxylic acid groups (broad SMARTS) is 1. The third kappa shape index (κ3) is 1.22. The average molecular weight is 169 g/mol. The minimum absolute atomic E-state index is 0.0706. The molecule has 0 aromatic heterocycles. The van der Waals surface area contributed by atoms with E-state index in [0.717, 1.165) is 19.4 Å². The molecular formula is C9H15NO2. The number of hydrogen-bond acceptors (Lipinski definition) is 2. The predicted molar refractivity (Wildman–Crippen MR) is 44.9 cm³/mol. The average Bonchev–Trinajstić information content (AvgIpc) is 2.49. The van der Waals surface area contributed by atoms with Gasteiger partial charge in [-0.1, -0.05) is 6.42 Å². The third-order valence-corrected chi connectivity index (χ3v) is 3.27. The van der Waals surface area contributed by atoms with Gasteiger partial charge in [0.15, 0.2) is 0 Å². The zero-order valence-corrected chi connectivity index (χ0v) is 7.12. The normalized spacial score (nSPS) is 40.8. The molecular weight excluding hydrogens is 154 g/mol. The molecule has 0 amide bonds. The molecule has 1 saturated carbocycles. The minimum Gasteiger partial charge on any atom is -0.481 e. The van der Waals surface area contributed by atoms with E-state index < -0.39 is 5.97 Å². The monoisotopic (exact) mass is 169 g/mol. The van der Waals surface area contributed by atoms with Crippen molar-refractivity contribution in [3.63, 3.8) is 0 Å². The van der Waals surface area contributed by atoms with Gasteiger partial charge in [0, 0.05) is 6.04 Å². The Morgan fingerprint density at radius 1 is 1.33 bits per heavy atom. The van der Waals surface area contributed by atoms with Gasteiger partial charge in [-0.3, -0.25) is 4.79 Å². The number of aliphatic carboxylic acids is 1. The largest absolute Gasteiger partial charge is 0.481 e. The predicted octanol–water partition coefficient (Wildman–Crippen LogP) is 0.849. The van der Waals surface area contributed by atoms with Crippen LogP contribution in [0.15, 0.2) is 0 Å². The van der Waals surface area contributed by atoms with Crippen molar-refractivity contribution in [1.82, 2.24) is 5.32 Å². The molecule has 12 heavy (non-hydrogen) atoms. The molecule has 2 fully saturated rings. The molecule has 3 nitrogen and oxygen atoms in total. The maximum absolute atomic E-state index is 10.9. The first kappa shape index (κ1) is 8.05. The highest BCUT2D eigenvalue weighted by atomic mass is 16.4. The second kappa shape index (κ2) is 3.05. The van der Waals surface area contributed by atoms with E-state index >= 15 is 0 Å². The molecule has 1 heterocycles. The van der Waals surface area contributed by atoms with Crippen LogP contribution in [0.5, 0.6) is 0 Å². The maximum atomic E-state index is 10.9. The van der Waals surface area contributed by atoms with Gasteiger partial charge in [-0.25, -0.2) is 0 Å². The zero-order chi connectivity index (χ0) is 8.55. The van der Waals surface area contributed by atoms with Crippen molar-refractivity contribution < 1.29 is 9.90 Å². The second-order valence-corrected chi connectivity index (χ2v) is 3.89. The van der Waals surface area contributed by atoms with E-state index in [1.54, 1.807) is 0 Å². The van der Waals surface area contributed by atoms with Gasteiger partial charge in [-0.2, -0.15) is 0 Å². The Morgan fingerprint density at radius 2 is 2.17 bits per heavy atom. The van der Waals surface area contributed by atoms with Crippen molar-refractivity contribution in [2.75, 3.05) is 6.54 Å². The molecule has 0 spiro atoms. The highest BCUT2D eigenvalue weighted by molar-refractivity contribution is 5.70. The van der Waals surface area contributed by atoms with Crippen LogP contribution in [0.25, 0.3) is 0 Å². The summed E-state index contributed by atoms with van der Waals surface area (Å²) in [6.07, 6.45) is 4.30. The van der Waals surface area contributed by atoms with Crippen molar-refractivity contribution in [3.05, 3.63) is 0 Å². The number of piperidine rings is 1. The number of hydrogen-bond donors (Lipinski definition) is 2. The van der Waals surface area contributed by atoms with Crippen molar-refractivity contribution in [2.45, 2.75) is 31.7 Å². The summed E-state index contributed by atoms with van der Waals surface area (Å²) in [6.45, 7) is 0.887. The molecule has 0 radical (unpaired) electrons. The van der Waals surface area contributed by atoms with Gasteiger partial charge in [-0.15, -0.1) is 0 Å². The van der Waals surface area contributed by atoms with E-state index in [2.05, 4.69) is 5.32 Å². The molecule has 0 bridgehead atoms. The Kier molecular flexibility index (Phi) is 2.05. The quantitative estimate of drug-likeness (QED) is 0.611. The Bertz CT molecular complexity index is 193. The van der Waals surface area contributed by atoms with Gasteiger partial charge in [0.1, 0.15) is 0 Å². The summed E-state index contributed by atoms with van der Waals surface area (Å²) in [5.41, 5.74) is 0. The number of fused-ring (bicyclic) bond motifs is 1. The van der Waals surface area contributed by atoms with Crippen LogP contribution in [-0.2, 0) is 4.79 Å². The Morgan fingerprint density at radius 3 is 2.92 bits per heavy atom. The first-order valence-corrected chi connectivity index (χ1v) is 4.75. The first-order chi connectivity index (χ1) is 5.79. The van der Waals surface area contributed by atoms with E-state index in [1.165, 1.54) is 12.8 Å². The van der Waals surface area contributed by atoms with E-state index in [4.69, 9.17) is 5.11 Å². The summed E-state index contributed by atoms with van der Waals surface area (Å²) in [5, 5.41) is 12.4. The molecule has 1 aliphatic heterocycles. The lowest BCUT2D eigenvalue weighted by Crippen LogP contribution is -2.45. The molecule has 2 N–H and O–H groups in total. The molecule has 0 aromatic carbocycles. The lowest BCUT2D eigenvalue weighted by molar-refractivity contribution is -0.145. The van der Waals surface area contributed by atoms with Crippen LogP contribution >= 0.6 is 0 Å². The fourth-order valence-electron chi connectivity index (χ4n) is 2.67. The standard InChI is InChI=1S/C9H15NO2/c11-9(12)7-4-5-10-8-3-1-2-6(7)8/h6-8,10H,1-5H2,(H,11,12)/t6-,7+,8-/m1/s1. The lowest BCUT2D eigenvalue weighted by Gasteiger charge is -2.32. The number of carboxylic acids is 1. The molecule has 2 aliphatic rings. The van der Waals surface area contributed by atoms with E-state index in [0.29, 0.717) is 12.0 Å². The first-order valence-electron chi connectivity index (χ1n) is 4.75. The number of rotatable bonds is 1. The molecule has 0 unspecified atom stereocenters. The summed E-state index contributed by atoms with van der Waals surface area (Å²) in [7, 11) is 0. The number of nitrogens with one attached hydrogen (secondary N) is 1. The topological polar surface area (TPSA) is 49.3 Å². The van der Waals surface area contributed by atoms with Crippen molar-refractivity contribution in [1.29, 1.82) is 0 Å².